The summed E-state index contributed by atoms with van der Waals surface area (Å²) in [5.41, 5.74) is 2.35. The molecule has 6 heteroatoms. The van der Waals surface area contributed by atoms with Crippen LogP contribution in [0.15, 0.2) is 35.7 Å². The molecule has 0 saturated carbocycles. The maximum absolute atomic E-state index is 12.0. The lowest BCUT2D eigenvalue weighted by atomic mass is 9.98. The van der Waals surface area contributed by atoms with Crippen LogP contribution in [0.5, 0.6) is 0 Å². The maximum Gasteiger partial charge on any atom is 0.146 e. The predicted molar refractivity (Wildman–Crippen MR) is 111 cm³/mol. The Labute approximate surface area is 163 Å². The molecule has 4 rings (SSSR count). The van der Waals surface area contributed by atoms with Gasteiger partial charge in [-0.25, -0.2) is 9.97 Å². The minimum atomic E-state index is 0.0416. The van der Waals surface area contributed by atoms with E-state index in [-0.39, 0.29) is 5.92 Å². The number of fused-ring (bicyclic) bond motifs is 1. The van der Waals surface area contributed by atoms with Gasteiger partial charge in [0, 0.05) is 36.4 Å². The molecule has 0 aliphatic carbocycles. The van der Waals surface area contributed by atoms with Crippen molar-refractivity contribution in [3.8, 4) is 11.1 Å². The van der Waals surface area contributed by atoms with Crippen molar-refractivity contribution < 1.29 is 4.79 Å². The van der Waals surface area contributed by atoms with Crippen LogP contribution >= 0.6 is 11.3 Å². The molecule has 1 aliphatic rings. The Morgan fingerprint density at radius 2 is 2.00 bits per heavy atom. The highest BCUT2D eigenvalue weighted by Gasteiger charge is 2.27. The van der Waals surface area contributed by atoms with Crippen LogP contribution in [0.4, 0.5) is 5.82 Å². The Hall–Kier alpha value is -2.31. The fourth-order valence-electron chi connectivity index (χ4n) is 3.59. The maximum atomic E-state index is 12.0. The molecule has 140 valence electrons. The average molecular weight is 381 g/mol. The van der Waals surface area contributed by atoms with Crippen molar-refractivity contribution >= 4 is 33.2 Å². The van der Waals surface area contributed by atoms with Gasteiger partial charge in [0.05, 0.1) is 11.9 Å². The molecule has 1 atom stereocenters. The van der Waals surface area contributed by atoms with E-state index in [2.05, 4.69) is 39.4 Å². The van der Waals surface area contributed by atoms with Gasteiger partial charge in [0.1, 0.15) is 22.3 Å². The number of hydrogen-bond acceptors (Lipinski definition) is 6. The zero-order valence-corrected chi connectivity index (χ0v) is 16.8. The van der Waals surface area contributed by atoms with Crippen molar-refractivity contribution in [2.45, 2.75) is 19.9 Å². The third-order valence-corrected chi connectivity index (χ3v) is 5.85. The van der Waals surface area contributed by atoms with Gasteiger partial charge in [-0.1, -0.05) is 37.3 Å². The number of ketones is 1. The van der Waals surface area contributed by atoms with Gasteiger partial charge in [0.15, 0.2) is 0 Å². The lowest BCUT2D eigenvalue weighted by molar-refractivity contribution is -0.122. The van der Waals surface area contributed by atoms with Crippen LogP contribution in [0.2, 0.25) is 0 Å². The molecule has 5 nitrogen and oxygen atoms in total. The number of Topliss-reactive ketones (excluding diaryl/α,β-unsaturated/α-hetero) is 1. The molecule has 1 aliphatic heterocycles. The van der Waals surface area contributed by atoms with Gasteiger partial charge in [-0.15, -0.1) is 11.3 Å². The molecule has 0 N–H and O–H groups in total. The molecule has 1 saturated heterocycles. The molecule has 1 fully saturated rings. The molecule has 0 amide bonds. The Kier molecular flexibility index (Phi) is 4.93. The number of nitrogens with zero attached hydrogens (tertiary/aromatic N) is 4. The topological polar surface area (TPSA) is 49.3 Å². The fraction of sp³-hybridized carbons (Fsp3) is 0.381. The minimum absolute atomic E-state index is 0.0416. The summed E-state index contributed by atoms with van der Waals surface area (Å²) >= 11 is 1.67. The number of carbonyl (C=O) groups excluding carboxylic acids is 1. The van der Waals surface area contributed by atoms with Crippen LogP contribution in [0.25, 0.3) is 21.3 Å². The van der Waals surface area contributed by atoms with Crippen LogP contribution in [0, 0.1) is 5.92 Å². The van der Waals surface area contributed by atoms with Crippen molar-refractivity contribution in [2.24, 2.45) is 5.92 Å². The first-order chi connectivity index (χ1) is 13.0. The molecular formula is C21H24N4OS. The number of aromatic nitrogens is 2. The molecule has 0 radical (unpaired) electrons. The van der Waals surface area contributed by atoms with Crippen molar-refractivity contribution in [3.05, 3.63) is 41.5 Å². The number of benzene rings is 1. The highest BCUT2D eigenvalue weighted by Crippen LogP contribution is 2.39. The summed E-state index contributed by atoms with van der Waals surface area (Å²) in [6.07, 6.45) is 0.584. The lowest BCUT2D eigenvalue weighted by Gasteiger charge is -2.32. The van der Waals surface area contributed by atoms with Crippen LogP contribution in [0.3, 0.4) is 0 Å². The molecule has 3 aromatic rings. The number of hydrogen-bond donors (Lipinski definition) is 0. The SMILES string of the molecule is CC1CN(c2nc(CN(C)C)nc3scc(-c4ccccc4)c23)CCC1=O. The van der Waals surface area contributed by atoms with E-state index in [4.69, 9.17) is 9.97 Å². The fourth-order valence-corrected chi connectivity index (χ4v) is 4.55. The van der Waals surface area contributed by atoms with Crippen LogP contribution in [0.1, 0.15) is 19.2 Å². The van der Waals surface area contributed by atoms with E-state index in [1.165, 1.54) is 11.1 Å². The van der Waals surface area contributed by atoms with E-state index < -0.39 is 0 Å². The molecule has 0 spiro atoms. The molecule has 3 heterocycles. The highest BCUT2D eigenvalue weighted by atomic mass is 32.1. The highest BCUT2D eigenvalue weighted by molar-refractivity contribution is 7.17. The minimum Gasteiger partial charge on any atom is -0.355 e. The second-order valence-corrected chi connectivity index (χ2v) is 8.32. The average Bonchev–Trinajstić information content (AvgIpc) is 3.07. The van der Waals surface area contributed by atoms with Crippen LogP contribution in [-0.4, -0.2) is 47.8 Å². The van der Waals surface area contributed by atoms with Crippen molar-refractivity contribution in [1.29, 1.82) is 0 Å². The van der Waals surface area contributed by atoms with Gasteiger partial charge < -0.3 is 9.80 Å². The molecule has 2 aromatic heterocycles. The zero-order chi connectivity index (χ0) is 19.0. The van der Waals surface area contributed by atoms with Gasteiger partial charge >= 0.3 is 0 Å². The first kappa shape index (κ1) is 18.1. The Morgan fingerprint density at radius 1 is 1.22 bits per heavy atom. The van der Waals surface area contributed by atoms with Gasteiger partial charge in [0.25, 0.3) is 0 Å². The molecule has 27 heavy (non-hydrogen) atoms. The van der Waals surface area contributed by atoms with Gasteiger partial charge in [-0.3, -0.25) is 4.79 Å². The van der Waals surface area contributed by atoms with E-state index in [0.717, 1.165) is 34.9 Å². The molecule has 1 unspecified atom stereocenters. The number of piperidine rings is 1. The summed E-state index contributed by atoms with van der Waals surface area (Å²) in [6, 6.07) is 10.4. The van der Waals surface area contributed by atoms with E-state index in [9.17, 15) is 4.79 Å². The van der Waals surface area contributed by atoms with Gasteiger partial charge in [0.2, 0.25) is 0 Å². The Balaban J connectivity index is 1.87. The summed E-state index contributed by atoms with van der Waals surface area (Å²) < 4.78 is 0. The molecule has 0 bridgehead atoms. The third kappa shape index (κ3) is 3.59. The first-order valence-electron chi connectivity index (χ1n) is 9.29. The number of anilines is 1. The summed E-state index contributed by atoms with van der Waals surface area (Å²) in [7, 11) is 4.05. The molecule has 1 aromatic carbocycles. The van der Waals surface area contributed by atoms with Gasteiger partial charge in [-0.05, 0) is 19.7 Å². The smallest absolute Gasteiger partial charge is 0.146 e. The van der Waals surface area contributed by atoms with Crippen molar-refractivity contribution in [1.82, 2.24) is 14.9 Å². The Morgan fingerprint density at radius 3 is 2.70 bits per heavy atom. The van der Waals surface area contributed by atoms with Crippen molar-refractivity contribution in [3.63, 3.8) is 0 Å². The summed E-state index contributed by atoms with van der Waals surface area (Å²) in [5, 5.41) is 3.28. The quantitative estimate of drug-likeness (QED) is 0.688. The monoisotopic (exact) mass is 380 g/mol. The van der Waals surface area contributed by atoms with E-state index in [1.54, 1.807) is 11.3 Å². The molecular weight excluding hydrogens is 356 g/mol. The second-order valence-electron chi connectivity index (χ2n) is 7.46. The number of rotatable bonds is 4. The zero-order valence-electron chi connectivity index (χ0n) is 16.0. The first-order valence-corrected chi connectivity index (χ1v) is 10.2. The summed E-state index contributed by atoms with van der Waals surface area (Å²) in [5.74, 6) is 2.18. The van der Waals surface area contributed by atoms with Crippen LogP contribution < -0.4 is 4.90 Å². The van der Waals surface area contributed by atoms with Crippen molar-refractivity contribution in [2.75, 3.05) is 32.1 Å². The van der Waals surface area contributed by atoms with Crippen LogP contribution in [-0.2, 0) is 11.3 Å². The summed E-state index contributed by atoms with van der Waals surface area (Å²) in [4.78, 5) is 27.2. The lowest BCUT2D eigenvalue weighted by Crippen LogP contribution is -2.40. The van der Waals surface area contributed by atoms with E-state index in [1.807, 2.05) is 27.1 Å². The standard InChI is InChI=1S/C21H24N4OS/c1-14-11-25(10-9-17(14)26)20-19-16(15-7-5-4-6-8-15)13-27-21(19)23-18(22-20)12-24(2)3/h4-8,13-14H,9-12H2,1-3H3. The van der Waals surface area contributed by atoms with E-state index >= 15 is 0 Å². The second kappa shape index (κ2) is 7.37. The largest absolute Gasteiger partial charge is 0.355 e. The van der Waals surface area contributed by atoms with Gasteiger partial charge in [-0.2, -0.15) is 0 Å². The van der Waals surface area contributed by atoms with E-state index in [0.29, 0.717) is 18.7 Å². The third-order valence-electron chi connectivity index (χ3n) is 4.97. The Bertz CT molecular complexity index is 967. The predicted octanol–water partition coefficient (Wildman–Crippen LogP) is 3.84. The number of thiophene rings is 1. The normalized spacial score (nSPS) is 17.9. The number of carbonyl (C=O) groups is 1. The summed E-state index contributed by atoms with van der Waals surface area (Å²) in [6.45, 7) is 4.15.